The van der Waals surface area contributed by atoms with Crippen LogP contribution in [0.4, 0.5) is 0 Å². The van der Waals surface area contributed by atoms with Gasteiger partial charge in [0.2, 0.25) is 0 Å². The molecule has 6 aliphatic rings. The minimum atomic E-state index is -0.511. The first kappa shape index (κ1) is 23.2. The summed E-state index contributed by atoms with van der Waals surface area (Å²) in [6.45, 7) is 11.4. The molecule has 0 unspecified atom stereocenters. The summed E-state index contributed by atoms with van der Waals surface area (Å²) in [7, 11) is 0. The molecule has 1 spiro atoms. The van der Waals surface area contributed by atoms with Crippen molar-refractivity contribution in [2.24, 2.45) is 46.3 Å². The number of ether oxygens (including phenoxy) is 3. The van der Waals surface area contributed by atoms with Crippen LogP contribution in [0.2, 0.25) is 0 Å². The van der Waals surface area contributed by atoms with Gasteiger partial charge in [0.15, 0.2) is 5.79 Å². The molecule has 2 saturated heterocycles. The summed E-state index contributed by atoms with van der Waals surface area (Å²) in [5.41, 5.74) is 1.11. The number of fused-ring (bicyclic) bond motifs is 7. The molecular weight excluding hydrogens is 428 g/mol. The Morgan fingerprint density at radius 3 is 2.62 bits per heavy atom. The van der Waals surface area contributed by atoms with Gasteiger partial charge in [0, 0.05) is 31.6 Å². The fraction of sp³-hybridized carbons (Fsp3) is 0.862. The minimum Gasteiger partial charge on any atom is -0.463 e. The number of allylic oxidation sites excluding steroid dienone is 1. The molecule has 188 valence electrons. The normalized spacial score (nSPS) is 54.0. The molecule has 0 aromatic heterocycles. The maximum absolute atomic E-state index is 14.1. The van der Waals surface area contributed by atoms with Crippen molar-refractivity contribution in [3.8, 4) is 0 Å². The Morgan fingerprint density at radius 2 is 1.91 bits per heavy atom. The monoisotopic (exact) mass is 470 g/mol. The van der Waals surface area contributed by atoms with Crippen molar-refractivity contribution in [2.75, 3.05) is 6.61 Å². The molecule has 2 aliphatic heterocycles. The Labute approximate surface area is 204 Å². The van der Waals surface area contributed by atoms with Crippen molar-refractivity contribution in [2.45, 2.75) is 104 Å². The summed E-state index contributed by atoms with van der Waals surface area (Å²) in [4.78, 5) is 25.6. The Balaban J connectivity index is 1.28. The van der Waals surface area contributed by atoms with E-state index in [1.807, 2.05) is 0 Å². The molecule has 5 heteroatoms. The summed E-state index contributed by atoms with van der Waals surface area (Å²) >= 11 is 0. The zero-order valence-electron chi connectivity index (χ0n) is 21.6. The van der Waals surface area contributed by atoms with Crippen molar-refractivity contribution < 1.29 is 23.8 Å². The Hall–Kier alpha value is -1.20. The number of Topliss-reactive ketones (excluding diaryl/α,β-unsaturated/α-hetero) is 1. The molecular formula is C29H42O5. The van der Waals surface area contributed by atoms with E-state index in [0.717, 1.165) is 51.6 Å². The first-order valence-corrected chi connectivity index (χ1v) is 13.8. The van der Waals surface area contributed by atoms with Gasteiger partial charge in [-0.05, 0) is 74.5 Å². The first-order valence-electron chi connectivity index (χ1n) is 13.8. The van der Waals surface area contributed by atoms with E-state index in [4.69, 9.17) is 14.2 Å². The van der Waals surface area contributed by atoms with Crippen LogP contribution in [0.25, 0.3) is 0 Å². The van der Waals surface area contributed by atoms with Gasteiger partial charge in [0.05, 0.1) is 18.1 Å². The summed E-state index contributed by atoms with van der Waals surface area (Å²) in [5, 5.41) is 0. The zero-order chi connectivity index (χ0) is 24.0. The lowest BCUT2D eigenvalue weighted by molar-refractivity contribution is -0.265. The molecule has 11 atom stereocenters. The number of carbonyl (C=O) groups is 2. The predicted octanol–water partition coefficient (Wildman–Crippen LogP) is 5.46. The maximum Gasteiger partial charge on any atom is 0.302 e. The smallest absolute Gasteiger partial charge is 0.302 e. The van der Waals surface area contributed by atoms with Crippen LogP contribution < -0.4 is 0 Å². The van der Waals surface area contributed by atoms with Crippen LogP contribution in [0.15, 0.2) is 11.6 Å². The van der Waals surface area contributed by atoms with Gasteiger partial charge >= 0.3 is 5.97 Å². The van der Waals surface area contributed by atoms with Gasteiger partial charge in [-0.2, -0.15) is 0 Å². The number of ketones is 1. The molecule has 0 radical (unpaired) electrons. The van der Waals surface area contributed by atoms with Crippen molar-refractivity contribution in [3.63, 3.8) is 0 Å². The molecule has 0 aromatic rings. The van der Waals surface area contributed by atoms with Gasteiger partial charge in [-0.1, -0.05) is 32.4 Å². The van der Waals surface area contributed by atoms with Gasteiger partial charge in [0.25, 0.3) is 0 Å². The molecule has 2 heterocycles. The quantitative estimate of drug-likeness (QED) is 0.376. The van der Waals surface area contributed by atoms with Crippen molar-refractivity contribution in [3.05, 3.63) is 11.6 Å². The average Bonchev–Trinajstić information content (AvgIpc) is 3.23. The van der Waals surface area contributed by atoms with E-state index in [1.165, 1.54) is 12.5 Å². The Morgan fingerprint density at radius 1 is 1.12 bits per heavy atom. The third-order valence-corrected chi connectivity index (χ3v) is 11.5. The summed E-state index contributed by atoms with van der Waals surface area (Å²) < 4.78 is 18.7. The largest absolute Gasteiger partial charge is 0.463 e. The summed E-state index contributed by atoms with van der Waals surface area (Å²) in [6.07, 6.45) is 10.4. The van der Waals surface area contributed by atoms with Crippen LogP contribution in [0.1, 0.15) is 86.0 Å². The molecule has 34 heavy (non-hydrogen) atoms. The van der Waals surface area contributed by atoms with Crippen molar-refractivity contribution >= 4 is 11.8 Å². The maximum atomic E-state index is 14.1. The third-order valence-electron chi connectivity index (χ3n) is 11.5. The summed E-state index contributed by atoms with van der Waals surface area (Å²) in [6, 6.07) is 0. The second-order valence-corrected chi connectivity index (χ2v) is 13.1. The van der Waals surface area contributed by atoms with Crippen LogP contribution in [-0.2, 0) is 23.8 Å². The van der Waals surface area contributed by atoms with Gasteiger partial charge < -0.3 is 14.2 Å². The topological polar surface area (TPSA) is 61.8 Å². The van der Waals surface area contributed by atoms with E-state index >= 15 is 0 Å². The fourth-order valence-corrected chi connectivity index (χ4v) is 9.53. The average molecular weight is 471 g/mol. The van der Waals surface area contributed by atoms with Gasteiger partial charge in [0.1, 0.15) is 11.9 Å². The highest BCUT2D eigenvalue weighted by molar-refractivity contribution is 5.91. The van der Waals surface area contributed by atoms with Crippen LogP contribution in [0.5, 0.6) is 0 Å². The second kappa shape index (κ2) is 7.65. The highest BCUT2D eigenvalue weighted by atomic mass is 16.7. The third kappa shape index (κ3) is 3.04. The molecule has 0 N–H and O–H groups in total. The fourth-order valence-electron chi connectivity index (χ4n) is 9.53. The van der Waals surface area contributed by atoms with E-state index in [2.05, 4.69) is 33.8 Å². The minimum absolute atomic E-state index is 0.00339. The van der Waals surface area contributed by atoms with Gasteiger partial charge in [-0.15, -0.1) is 0 Å². The number of hydrogen-bond acceptors (Lipinski definition) is 5. The molecule has 4 aliphatic carbocycles. The van der Waals surface area contributed by atoms with Crippen molar-refractivity contribution in [1.82, 2.24) is 0 Å². The van der Waals surface area contributed by atoms with Crippen LogP contribution in [0, 0.1) is 46.3 Å². The van der Waals surface area contributed by atoms with E-state index < -0.39 is 11.2 Å². The zero-order valence-corrected chi connectivity index (χ0v) is 21.6. The van der Waals surface area contributed by atoms with E-state index in [9.17, 15) is 9.59 Å². The highest BCUT2D eigenvalue weighted by Gasteiger charge is 2.68. The SMILES string of the molecule is CC(=O)O[C@H]1CC[C@@]2(C)[C@@H](CC[C@H]3C4=C[C@@H]5O[C@]6(CC[C@@H](C)CO6)[C@@H](C)[C@@H]5[C@@]4(C)C(=O)C[C@@H]32)C1. The van der Waals surface area contributed by atoms with E-state index in [0.29, 0.717) is 35.9 Å². The highest BCUT2D eigenvalue weighted by Crippen LogP contribution is 2.68. The molecule has 5 nitrogen and oxygen atoms in total. The number of rotatable bonds is 1. The molecule has 5 fully saturated rings. The molecule has 0 bridgehead atoms. The van der Waals surface area contributed by atoms with Gasteiger partial charge in [-0.25, -0.2) is 0 Å². The first-order chi connectivity index (χ1) is 16.1. The number of hydrogen-bond donors (Lipinski definition) is 0. The predicted molar refractivity (Wildman–Crippen MR) is 128 cm³/mol. The van der Waals surface area contributed by atoms with Crippen LogP contribution in [0.3, 0.4) is 0 Å². The lowest BCUT2D eigenvalue weighted by Crippen LogP contribution is -2.56. The lowest BCUT2D eigenvalue weighted by atomic mass is 9.45. The molecule has 3 saturated carbocycles. The molecule has 6 rings (SSSR count). The Bertz CT molecular complexity index is 915. The lowest BCUT2D eigenvalue weighted by Gasteiger charge is -2.59. The van der Waals surface area contributed by atoms with Crippen LogP contribution in [-0.4, -0.2) is 36.4 Å². The Kier molecular flexibility index (Phi) is 5.22. The van der Waals surface area contributed by atoms with E-state index in [1.54, 1.807) is 0 Å². The molecule has 0 aromatic carbocycles. The standard InChI is InChI=1S/C29H42O5/c1-16-8-11-29(32-15-16)17(2)26-24(34-29)13-23-21-7-6-19-12-20(33-18(3)30)9-10-27(19,4)22(21)14-25(31)28(23,26)5/h13,16-17,19-22,24,26H,6-12,14-15H2,1-5H3/t16-,17+,19+,20+,21-,22+,24+,26+,27+,28-,29-/m1/s1. The number of carbonyl (C=O) groups excluding carboxylic acids is 2. The number of esters is 1. The summed E-state index contributed by atoms with van der Waals surface area (Å²) in [5.74, 6) is 2.12. The van der Waals surface area contributed by atoms with Crippen LogP contribution >= 0.6 is 0 Å². The van der Waals surface area contributed by atoms with Crippen molar-refractivity contribution in [1.29, 1.82) is 0 Å². The second-order valence-electron chi connectivity index (χ2n) is 13.1. The molecule has 0 amide bonds. The van der Waals surface area contributed by atoms with E-state index in [-0.39, 0.29) is 35.4 Å². The van der Waals surface area contributed by atoms with Gasteiger partial charge in [-0.3, -0.25) is 9.59 Å².